The molecular weight excluding hydrogens is 183 g/mol. The van der Waals surface area contributed by atoms with Gasteiger partial charge in [-0.2, -0.15) is 0 Å². The molecule has 2 rings (SSSR count). The molecule has 1 heterocycles. The van der Waals surface area contributed by atoms with Crippen molar-refractivity contribution in [1.29, 1.82) is 0 Å². The fourth-order valence-electron chi connectivity index (χ4n) is 1.16. The Hall–Kier alpha value is -0.0826. The summed E-state index contributed by atoms with van der Waals surface area (Å²) in [5, 5.41) is 0.293. The van der Waals surface area contributed by atoms with Gasteiger partial charge in [-0.15, -0.1) is 0 Å². The Kier molecular flexibility index (Phi) is 3.74. The van der Waals surface area contributed by atoms with Crippen LogP contribution in [-0.4, -0.2) is 18.3 Å². The van der Waals surface area contributed by atoms with Crippen molar-refractivity contribution in [2.75, 3.05) is 0 Å². The van der Waals surface area contributed by atoms with Crippen LogP contribution in [0, 0.1) is 5.92 Å². The molecule has 1 aliphatic carbocycles. The van der Waals surface area contributed by atoms with Gasteiger partial charge in [0.1, 0.15) is 5.03 Å². The third kappa shape index (κ3) is 2.68. The van der Waals surface area contributed by atoms with Crippen LogP contribution in [0.15, 0.2) is 17.6 Å². The molecule has 1 saturated carbocycles. The molecule has 0 aliphatic heterocycles. The van der Waals surface area contributed by atoms with Crippen LogP contribution >= 0.6 is 0 Å². The SMILES string of the molecule is O=S([O-])c1cncn1CC1CC1.[Li+]. The van der Waals surface area contributed by atoms with E-state index in [4.69, 9.17) is 0 Å². The Bertz CT molecular complexity index is 311. The first kappa shape index (κ1) is 11.0. The zero-order chi connectivity index (χ0) is 8.55. The van der Waals surface area contributed by atoms with Gasteiger partial charge >= 0.3 is 18.9 Å². The van der Waals surface area contributed by atoms with Gasteiger partial charge < -0.3 is 9.12 Å². The van der Waals surface area contributed by atoms with Crippen LogP contribution in [0.25, 0.3) is 0 Å². The number of hydrogen-bond acceptors (Lipinski definition) is 3. The van der Waals surface area contributed by atoms with Crippen LogP contribution in [-0.2, 0) is 17.6 Å². The summed E-state index contributed by atoms with van der Waals surface area (Å²) in [6.07, 6.45) is 5.38. The van der Waals surface area contributed by atoms with E-state index >= 15 is 0 Å². The molecule has 1 unspecified atom stereocenters. The van der Waals surface area contributed by atoms with Crippen molar-refractivity contribution in [3.8, 4) is 0 Å². The van der Waals surface area contributed by atoms with E-state index in [-0.39, 0.29) is 18.9 Å². The molecule has 0 bridgehead atoms. The van der Waals surface area contributed by atoms with E-state index in [9.17, 15) is 8.76 Å². The van der Waals surface area contributed by atoms with Crippen LogP contribution in [0.3, 0.4) is 0 Å². The van der Waals surface area contributed by atoms with Gasteiger partial charge in [0.05, 0.1) is 12.5 Å². The summed E-state index contributed by atoms with van der Waals surface area (Å²) < 4.78 is 22.9. The van der Waals surface area contributed by atoms with E-state index in [0.717, 1.165) is 6.54 Å². The van der Waals surface area contributed by atoms with Gasteiger partial charge in [0, 0.05) is 6.54 Å². The quantitative estimate of drug-likeness (QED) is 0.394. The maximum Gasteiger partial charge on any atom is 1.00 e. The number of hydrogen-bond donors (Lipinski definition) is 0. The number of nitrogens with zero attached hydrogens (tertiary/aromatic N) is 2. The zero-order valence-electron chi connectivity index (χ0n) is 7.47. The van der Waals surface area contributed by atoms with E-state index in [0.29, 0.717) is 10.9 Å². The molecule has 1 fully saturated rings. The Labute approximate surface area is 91.2 Å². The van der Waals surface area contributed by atoms with Crippen LogP contribution < -0.4 is 18.9 Å². The molecule has 13 heavy (non-hydrogen) atoms. The second-order valence-electron chi connectivity index (χ2n) is 3.06. The first-order chi connectivity index (χ1) is 5.77. The van der Waals surface area contributed by atoms with Crippen LogP contribution in [0.4, 0.5) is 0 Å². The molecule has 4 nitrogen and oxygen atoms in total. The van der Waals surface area contributed by atoms with Gasteiger partial charge in [0.25, 0.3) is 0 Å². The maximum atomic E-state index is 10.6. The molecule has 0 amide bonds. The monoisotopic (exact) mass is 192 g/mol. The van der Waals surface area contributed by atoms with Crippen LogP contribution in [0.1, 0.15) is 12.8 Å². The van der Waals surface area contributed by atoms with Gasteiger partial charge in [0.15, 0.2) is 0 Å². The molecule has 66 valence electrons. The van der Waals surface area contributed by atoms with Crippen molar-refractivity contribution >= 4 is 11.1 Å². The summed E-state index contributed by atoms with van der Waals surface area (Å²) >= 11 is -2.15. The first-order valence-electron chi connectivity index (χ1n) is 3.87. The largest absolute Gasteiger partial charge is 1.00 e. The Balaban J connectivity index is 0.000000845. The van der Waals surface area contributed by atoms with Crippen LogP contribution in [0.5, 0.6) is 0 Å². The molecule has 6 heteroatoms. The molecule has 1 aromatic heterocycles. The normalized spacial score (nSPS) is 17.9. The summed E-state index contributed by atoms with van der Waals surface area (Å²) in [4.78, 5) is 3.79. The average Bonchev–Trinajstić information content (AvgIpc) is 2.66. The molecule has 0 saturated heterocycles. The first-order valence-corrected chi connectivity index (χ1v) is 4.94. The summed E-state index contributed by atoms with van der Waals surface area (Å²) in [6, 6.07) is 0. The fraction of sp³-hybridized carbons (Fsp3) is 0.571. The second kappa shape index (κ2) is 4.42. The third-order valence-electron chi connectivity index (χ3n) is 2.00. The summed E-state index contributed by atoms with van der Waals surface area (Å²) in [7, 11) is 0. The van der Waals surface area contributed by atoms with Crippen molar-refractivity contribution in [2.24, 2.45) is 5.92 Å². The number of imidazole rings is 1. The van der Waals surface area contributed by atoms with Gasteiger partial charge in [-0.1, -0.05) is 0 Å². The van der Waals surface area contributed by atoms with Crippen molar-refractivity contribution in [3.63, 3.8) is 0 Å². The molecular formula is C7H9LiN2O2S. The molecule has 0 N–H and O–H groups in total. The van der Waals surface area contributed by atoms with E-state index < -0.39 is 11.1 Å². The zero-order valence-corrected chi connectivity index (χ0v) is 8.29. The van der Waals surface area contributed by atoms with E-state index in [1.165, 1.54) is 19.0 Å². The standard InChI is InChI=1S/C7H10N2O2S.Li/c10-12(11)7-3-8-5-9(7)4-6-1-2-6;/h3,5-6H,1-2,4H2,(H,10,11);/q;+1/p-1. The van der Waals surface area contributed by atoms with Gasteiger partial charge in [-0.05, 0) is 29.8 Å². The van der Waals surface area contributed by atoms with Crippen molar-refractivity contribution in [1.82, 2.24) is 9.55 Å². The topological polar surface area (TPSA) is 57.9 Å². The predicted molar refractivity (Wildman–Crippen MR) is 42.1 cm³/mol. The fourth-order valence-corrected chi connectivity index (χ4v) is 1.62. The summed E-state index contributed by atoms with van der Waals surface area (Å²) in [5.74, 6) is 0.668. The smallest absolute Gasteiger partial charge is 0.767 e. The third-order valence-corrected chi connectivity index (χ3v) is 2.68. The maximum absolute atomic E-state index is 10.6. The number of aromatic nitrogens is 2. The van der Waals surface area contributed by atoms with Crippen LogP contribution in [0.2, 0.25) is 0 Å². The van der Waals surface area contributed by atoms with Gasteiger partial charge in [0.2, 0.25) is 0 Å². The summed E-state index contributed by atoms with van der Waals surface area (Å²) in [5.41, 5.74) is 0. The molecule has 0 spiro atoms. The molecule has 1 aliphatic rings. The minimum Gasteiger partial charge on any atom is -0.767 e. The minimum atomic E-state index is -2.15. The Morgan fingerprint density at radius 2 is 2.38 bits per heavy atom. The molecule has 1 atom stereocenters. The minimum absolute atomic E-state index is 0. The van der Waals surface area contributed by atoms with E-state index in [1.807, 2.05) is 0 Å². The van der Waals surface area contributed by atoms with Crippen molar-refractivity contribution < 1.29 is 27.6 Å². The molecule has 0 radical (unpaired) electrons. The Morgan fingerprint density at radius 1 is 1.69 bits per heavy atom. The second-order valence-corrected chi connectivity index (χ2v) is 3.95. The average molecular weight is 192 g/mol. The van der Waals surface area contributed by atoms with Gasteiger partial charge in [-0.25, -0.2) is 4.98 Å². The van der Waals surface area contributed by atoms with Gasteiger partial charge in [-0.3, -0.25) is 4.21 Å². The number of rotatable bonds is 3. The molecule has 0 aromatic carbocycles. The Morgan fingerprint density at radius 3 is 2.92 bits per heavy atom. The predicted octanol–water partition coefficient (Wildman–Crippen LogP) is -2.46. The van der Waals surface area contributed by atoms with E-state index in [1.54, 1.807) is 10.9 Å². The van der Waals surface area contributed by atoms with Crippen molar-refractivity contribution in [3.05, 3.63) is 12.5 Å². The summed E-state index contributed by atoms with van der Waals surface area (Å²) in [6.45, 7) is 0.795. The van der Waals surface area contributed by atoms with E-state index in [2.05, 4.69) is 4.98 Å². The molecule has 1 aromatic rings. The van der Waals surface area contributed by atoms with Crippen molar-refractivity contribution in [2.45, 2.75) is 24.4 Å².